The number of nitrogens with one attached hydrogen (secondary N) is 2. The number of thiophene rings is 1. The molecule has 0 saturated heterocycles. The number of carbonyl (C=O) groups is 1. The maximum absolute atomic E-state index is 11.8. The summed E-state index contributed by atoms with van der Waals surface area (Å²) >= 11 is 1.77. The zero-order valence-corrected chi connectivity index (χ0v) is 16.6. The van der Waals surface area contributed by atoms with Crippen LogP contribution in [0, 0.1) is 5.92 Å². The highest BCUT2D eigenvalue weighted by Crippen LogP contribution is 2.26. The lowest BCUT2D eigenvalue weighted by molar-refractivity contribution is -0.127. The van der Waals surface area contributed by atoms with Gasteiger partial charge in [0.15, 0.2) is 5.96 Å². The third kappa shape index (κ3) is 7.06. The number of guanidine groups is 1. The second kappa shape index (κ2) is 10.4. The Bertz CT molecular complexity index is 534. The molecule has 0 aromatic carbocycles. The van der Waals surface area contributed by atoms with Gasteiger partial charge in [-0.15, -0.1) is 11.3 Å². The van der Waals surface area contributed by atoms with Crippen LogP contribution in [0.15, 0.2) is 22.5 Å². The highest BCUT2D eigenvalue weighted by molar-refractivity contribution is 7.09. The molecular formula is C19H32N4OS. The standard InChI is InChI=1S/C19H32N4OS/c1-4-15-7-9-16(10-8-15)22-19(21-14-18(24)23(2)3)20-12-11-17-6-5-13-25-17/h5-6,13,15-16H,4,7-12,14H2,1-3H3,(H2,20,21,22). The van der Waals surface area contributed by atoms with Gasteiger partial charge in [0.25, 0.3) is 0 Å². The van der Waals surface area contributed by atoms with E-state index in [4.69, 9.17) is 0 Å². The molecule has 1 saturated carbocycles. The predicted molar refractivity (Wildman–Crippen MR) is 106 cm³/mol. The number of hydrogen-bond donors (Lipinski definition) is 2. The fourth-order valence-electron chi connectivity index (χ4n) is 3.11. The lowest BCUT2D eigenvalue weighted by atomic mass is 9.84. The van der Waals surface area contributed by atoms with Crippen LogP contribution in [0.5, 0.6) is 0 Å². The van der Waals surface area contributed by atoms with Crippen molar-refractivity contribution in [2.45, 2.75) is 51.5 Å². The Kier molecular flexibility index (Phi) is 8.25. The molecule has 1 aliphatic carbocycles. The predicted octanol–water partition coefficient (Wildman–Crippen LogP) is 2.88. The summed E-state index contributed by atoms with van der Waals surface area (Å²) in [5, 5.41) is 9.05. The van der Waals surface area contributed by atoms with Crippen LogP contribution in [0.4, 0.5) is 0 Å². The molecule has 0 bridgehead atoms. The van der Waals surface area contributed by atoms with Gasteiger partial charge in [-0.25, -0.2) is 4.99 Å². The SMILES string of the molecule is CCC1CCC(NC(=NCC(=O)N(C)C)NCCc2cccs2)CC1. The molecule has 1 heterocycles. The zero-order valence-electron chi connectivity index (χ0n) is 15.8. The van der Waals surface area contributed by atoms with Gasteiger partial charge in [0.1, 0.15) is 6.54 Å². The third-order valence-corrected chi connectivity index (χ3v) is 5.82. The number of amides is 1. The van der Waals surface area contributed by atoms with Crippen LogP contribution >= 0.6 is 11.3 Å². The molecule has 0 spiro atoms. The molecule has 2 N–H and O–H groups in total. The van der Waals surface area contributed by atoms with Crippen molar-refractivity contribution in [3.63, 3.8) is 0 Å². The molecule has 0 radical (unpaired) electrons. The van der Waals surface area contributed by atoms with Gasteiger partial charge in [0, 0.05) is 31.6 Å². The van der Waals surface area contributed by atoms with Crippen molar-refractivity contribution in [1.29, 1.82) is 0 Å². The number of nitrogens with zero attached hydrogens (tertiary/aromatic N) is 2. The van der Waals surface area contributed by atoms with E-state index in [0.717, 1.165) is 24.8 Å². The van der Waals surface area contributed by atoms with Crippen LogP contribution < -0.4 is 10.6 Å². The molecule has 6 heteroatoms. The molecule has 140 valence electrons. The average Bonchev–Trinajstić information content (AvgIpc) is 3.13. The van der Waals surface area contributed by atoms with E-state index >= 15 is 0 Å². The topological polar surface area (TPSA) is 56.7 Å². The molecule has 0 atom stereocenters. The molecule has 5 nitrogen and oxygen atoms in total. The first kappa shape index (κ1) is 19.8. The summed E-state index contributed by atoms with van der Waals surface area (Å²) in [7, 11) is 3.53. The van der Waals surface area contributed by atoms with Crippen LogP contribution in [0.2, 0.25) is 0 Å². The van der Waals surface area contributed by atoms with Crippen molar-refractivity contribution in [1.82, 2.24) is 15.5 Å². The van der Waals surface area contributed by atoms with E-state index in [0.29, 0.717) is 6.04 Å². The van der Waals surface area contributed by atoms with E-state index in [1.165, 1.54) is 37.0 Å². The van der Waals surface area contributed by atoms with E-state index in [1.54, 1.807) is 30.3 Å². The lowest BCUT2D eigenvalue weighted by Gasteiger charge is -2.29. The summed E-state index contributed by atoms with van der Waals surface area (Å²) in [5.41, 5.74) is 0. The van der Waals surface area contributed by atoms with Gasteiger partial charge in [-0.1, -0.05) is 19.4 Å². The lowest BCUT2D eigenvalue weighted by Crippen LogP contribution is -2.46. The Morgan fingerprint density at radius 1 is 1.32 bits per heavy atom. The number of carbonyl (C=O) groups excluding carboxylic acids is 1. The maximum Gasteiger partial charge on any atom is 0.243 e. The molecule has 1 amide bonds. The molecule has 1 fully saturated rings. The van der Waals surface area contributed by atoms with Gasteiger partial charge in [-0.3, -0.25) is 4.79 Å². The Morgan fingerprint density at radius 3 is 2.68 bits per heavy atom. The normalized spacial score (nSPS) is 21.0. The number of likely N-dealkylation sites (N-methyl/N-ethyl adjacent to an activating group) is 1. The first-order valence-electron chi connectivity index (χ1n) is 9.35. The summed E-state index contributed by atoms with van der Waals surface area (Å²) in [6.45, 7) is 3.29. The highest BCUT2D eigenvalue weighted by atomic mass is 32.1. The fraction of sp³-hybridized carbons (Fsp3) is 0.684. The third-order valence-electron chi connectivity index (χ3n) is 4.88. The number of aliphatic imine (C=N–C) groups is 1. The number of hydrogen-bond acceptors (Lipinski definition) is 3. The molecule has 0 aliphatic heterocycles. The highest BCUT2D eigenvalue weighted by Gasteiger charge is 2.20. The smallest absolute Gasteiger partial charge is 0.243 e. The summed E-state index contributed by atoms with van der Waals surface area (Å²) < 4.78 is 0. The fourth-order valence-corrected chi connectivity index (χ4v) is 3.82. The van der Waals surface area contributed by atoms with Crippen LogP contribution in [0.3, 0.4) is 0 Å². The quantitative estimate of drug-likeness (QED) is 0.578. The van der Waals surface area contributed by atoms with Gasteiger partial charge in [0.2, 0.25) is 5.91 Å². The van der Waals surface area contributed by atoms with Gasteiger partial charge in [-0.2, -0.15) is 0 Å². The second-order valence-corrected chi connectivity index (χ2v) is 8.01. The van der Waals surface area contributed by atoms with Crippen molar-refractivity contribution in [2.75, 3.05) is 27.2 Å². The van der Waals surface area contributed by atoms with Crippen LogP contribution in [0.1, 0.15) is 43.9 Å². The monoisotopic (exact) mass is 364 g/mol. The van der Waals surface area contributed by atoms with Gasteiger partial charge in [0.05, 0.1) is 0 Å². The minimum Gasteiger partial charge on any atom is -0.356 e. The first-order chi connectivity index (χ1) is 12.1. The van der Waals surface area contributed by atoms with E-state index in [2.05, 4.69) is 40.1 Å². The minimum atomic E-state index is 0.0223. The summed E-state index contributed by atoms with van der Waals surface area (Å²) in [4.78, 5) is 19.3. The van der Waals surface area contributed by atoms with Gasteiger partial charge < -0.3 is 15.5 Å². The van der Waals surface area contributed by atoms with Gasteiger partial charge >= 0.3 is 0 Å². The van der Waals surface area contributed by atoms with Crippen molar-refractivity contribution >= 4 is 23.2 Å². The van der Waals surface area contributed by atoms with Crippen LogP contribution in [-0.2, 0) is 11.2 Å². The van der Waals surface area contributed by atoms with Gasteiger partial charge in [-0.05, 0) is 49.5 Å². The average molecular weight is 365 g/mol. The first-order valence-corrected chi connectivity index (χ1v) is 10.2. The second-order valence-electron chi connectivity index (χ2n) is 6.98. The van der Waals surface area contributed by atoms with Crippen molar-refractivity contribution in [3.05, 3.63) is 22.4 Å². The van der Waals surface area contributed by atoms with Crippen LogP contribution in [-0.4, -0.2) is 50.0 Å². The molecule has 1 aromatic heterocycles. The largest absolute Gasteiger partial charge is 0.356 e. The Hall–Kier alpha value is -1.56. The van der Waals surface area contributed by atoms with Crippen molar-refractivity contribution in [2.24, 2.45) is 10.9 Å². The Labute approximate surface area is 155 Å². The molecular weight excluding hydrogens is 332 g/mol. The molecule has 1 aliphatic rings. The summed E-state index contributed by atoms with van der Waals surface area (Å²) in [6.07, 6.45) is 7.20. The zero-order chi connectivity index (χ0) is 18.1. The summed E-state index contributed by atoms with van der Waals surface area (Å²) in [6, 6.07) is 4.69. The van der Waals surface area contributed by atoms with Crippen molar-refractivity contribution < 1.29 is 4.79 Å². The Balaban J connectivity index is 1.86. The maximum atomic E-state index is 11.8. The van der Waals surface area contributed by atoms with Crippen molar-refractivity contribution in [3.8, 4) is 0 Å². The van der Waals surface area contributed by atoms with E-state index in [1.807, 2.05) is 0 Å². The molecule has 25 heavy (non-hydrogen) atoms. The minimum absolute atomic E-state index is 0.0223. The van der Waals surface area contributed by atoms with E-state index in [-0.39, 0.29) is 12.5 Å². The Morgan fingerprint density at radius 2 is 2.08 bits per heavy atom. The molecule has 2 rings (SSSR count). The van der Waals surface area contributed by atoms with E-state index in [9.17, 15) is 4.79 Å². The molecule has 0 unspecified atom stereocenters. The molecule has 1 aromatic rings. The summed E-state index contributed by atoms with van der Waals surface area (Å²) in [5.74, 6) is 1.67. The number of rotatable bonds is 7. The van der Waals surface area contributed by atoms with Crippen LogP contribution in [0.25, 0.3) is 0 Å². The van der Waals surface area contributed by atoms with E-state index < -0.39 is 0 Å².